The average molecular weight is 502 g/mol. The minimum atomic E-state index is -0.938. The highest BCUT2D eigenvalue weighted by atomic mass is 35.5. The van der Waals surface area contributed by atoms with Crippen molar-refractivity contribution in [3.63, 3.8) is 0 Å². The summed E-state index contributed by atoms with van der Waals surface area (Å²) in [6.07, 6.45) is 0.679. The molecule has 0 saturated heterocycles. The van der Waals surface area contributed by atoms with Gasteiger partial charge in [0.25, 0.3) is 11.8 Å². The van der Waals surface area contributed by atoms with Gasteiger partial charge in [-0.3, -0.25) is 9.59 Å². The quantitative estimate of drug-likeness (QED) is 0.327. The van der Waals surface area contributed by atoms with Crippen LogP contribution in [-0.2, 0) is 16.0 Å². The number of carbonyl (C=O) groups is 2. The van der Waals surface area contributed by atoms with Crippen LogP contribution in [0.15, 0.2) is 77.9 Å². The molecule has 0 spiro atoms. The van der Waals surface area contributed by atoms with Crippen LogP contribution in [0.25, 0.3) is 0 Å². The summed E-state index contributed by atoms with van der Waals surface area (Å²) in [5.41, 5.74) is 3.87. The number of hydrogen-bond donors (Lipinski definition) is 2. The van der Waals surface area contributed by atoms with Crippen LogP contribution in [0, 0.1) is 5.82 Å². The largest absolute Gasteiger partial charge is 0.479 e. The zero-order valence-electron chi connectivity index (χ0n) is 18.2. The van der Waals surface area contributed by atoms with Crippen molar-refractivity contribution in [2.45, 2.75) is 25.5 Å². The Morgan fingerprint density at radius 3 is 2.41 bits per heavy atom. The molecule has 3 aromatic carbocycles. The molecule has 176 valence electrons. The minimum absolute atomic E-state index is 0.235. The highest BCUT2D eigenvalue weighted by Crippen LogP contribution is 2.28. The van der Waals surface area contributed by atoms with Crippen molar-refractivity contribution in [2.75, 3.05) is 0 Å². The van der Waals surface area contributed by atoms with E-state index in [1.54, 1.807) is 19.1 Å². The van der Waals surface area contributed by atoms with Crippen LogP contribution in [-0.4, -0.2) is 30.2 Å². The van der Waals surface area contributed by atoms with Gasteiger partial charge in [-0.2, -0.15) is 5.10 Å². The average Bonchev–Trinajstić information content (AvgIpc) is 2.82. The van der Waals surface area contributed by atoms with Crippen molar-refractivity contribution in [3.05, 3.63) is 99.8 Å². The van der Waals surface area contributed by atoms with E-state index in [1.165, 1.54) is 36.5 Å². The molecule has 34 heavy (non-hydrogen) atoms. The van der Waals surface area contributed by atoms with Crippen LogP contribution in [0.3, 0.4) is 0 Å². The molecule has 0 radical (unpaired) electrons. The van der Waals surface area contributed by atoms with Crippen molar-refractivity contribution in [3.8, 4) is 5.75 Å². The first-order chi connectivity index (χ1) is 16.3. The lowest BCUT2D eigenvalue weighted by Crippen LogP contribution is -2.50. The van der Waals surface area contributed by atoms with Crippen LogP contribution in [0.1, 0.15) is 18.1 Å². The van der Waals surface area contributed by atoms with Crippen molar-refractivity contribution < 1.29 is 18.7 Å². The first kappa shape index (κ1) is 25.2. The fourth-order valence-electron chi connectivity index (χ4n) is 2.96. The standard InChI is InChI=1S/C25H22Cl2FN3O3/c1-16(34-23-12-9-19(26)14-21(23)27)24(32)30-22(13-17-5-3-2-4-6-17)25(33)31-29-15-18-7-10-20(28)11-8-18/h2-12,14-16,22H,13H2,1H3,(H,30,32)(H,31,33)/b29-15-/t16-,22+/m0/s1. The summed E-state index contributed by atoms with van der Waals surface area (Å²) in [5, 5.41) is 7.32. The summed E-state index contributed by atoms with van der Waals surface area (Å²) in [6, 6.07) is 18.6. The van der Waals surface area contributed by atoms with E-state index in [4.69, 9.17) is 27.9 Å². The summed E-state index contributed by atoms with van der Waals surface area (Å²) >= 11 is 12.0. The molecule has 0 heterocycles. The van der Waals surface area contributed by atoms with E-state index < -0.39 is 24.0 Å². The maximum Gasteiger partial charge on any atom is 0.262 e. The molecule has 0 bridgehead atoms. The Hall–Kier alpha value is -3.42. The number of hydrogen-bond acceptors (Lipinski definition) is 4. The Kier molecular flexibility index (Phi) is 9.01. The zero-order chi connectivity index (χ0) is 24.5. The van der Waals surface area contributed by atoms with E-state index in [1.807, 2.05) is 30.3 Å². The molecule has 2 N–H and O–H groups in total. The minimum Gasteiger partial charge on any atom is -0.479 e. The second-order valence-corrected chi connectivity index (χ2v) is 8.22. The van der Waals surface area contributed by atoms with Crippen LogP contribution in [0.4, 0.5) is 4.39 Å². The molecule has 0 aliphatic heterocycles. The van der Waals surface area contributed by atoms with Crippen molar-refractivity contribution in [1.29, 1.82) is 0 Å². The summed E-state index contributed by atoms with van der Waals surface area (Å²) < 4.78 is 18.7. The first-order valence-electron chi connectivity index (χ1n) is 10.4. The monoisotopic (exact) mass is 501 g/mol. The lowest BCUT2D eigenvalue weighted by Gasteiger charge is -2.21. The van der Waals surface area contributed by atoms with Gasteiger partial charge in [-0.15, -0.1) is 0 Å². The number of amides is 2. The van der Waals surface area contributed by atoms with Crippen molar-refractivity contribution >= 4 is 41.2 Å². The SMILES string of the molecule is C[C@H](Oc1ccc(Cl)cc1Cl)C(=O)N[C@H](Cc1ccccc1)C(=O)N/N=C\c1ccc(F)cc1. The number of nitrogens with one attached hydrogen (secondary N) is 2. The van der Waals surface area contributed by atoms with Gasteiger partial charge in [0.2, 0.25) is 0 Å². The van der Waals surface area contributed by atoms with E-state index in [0.717, 1.165) is 5.56 Å². The number of rotatable bonds is 9. The van der Waals surface area contributed by atoms with E-state index in [2.05, 4.69) is 15.8 Å². The van der Waals surface area contributed by atoms with Crippen LogP contribution in [0.5, 0.6) is 5.75 Å². The molecule has 0 aliphatic carbocycles. The van der Waals surface area contributed by atoms with E-state index in [-0.39, 0.29) is 17.3 Å². The van der Waals surface area contributed by atoms with E-state index >= 15 is 0 Å². The predicted octanol–water partition coefficient (Wildman–Crippen LogP) is 4.78. The molecular formula is C25H22Cl2FN3O3. The van der Waals surface area contributed by atoms with Crippen molar-refractivity contribution in [1.82, 2.24) is 10.7 Å². The van der Waals surface area contributed by atoms with Gasteiger partial charge in [0.05, 0.1) is 11.2 Å². The summed E-state index contributed by atoms with van der Waals surface area (Å²) in [7, 11) is 0. The fourth-order valence-corrected chi connectivity index (χ4v) is 3.41. The Balaban J connectivity index is 1.68. The number of halogens is 3. The molecule has 6 nitrogen and oxygen atoms in total. The Labute approximate surface area is 206 Å². The normalized spacial score (nSPS) is 12.7. The van der Waals surface area contributed by atoms with E-state index in [0.29, 0.717) is 16.3 Å². The number of carbonyl (C=O) groups excluding carboxylic acids is 2. The molecule has 0 aromatic heterocycles. The number of nitrogens with zero attached hydrogens (tertiary/aromatic N) is 1. The van der Waals surface area contributed by atoms with Gasteiger partial charge in [0, 0.05) is 11.4 Å². The lowest BCUT2D eigenvalue weighted by atomic mass is 10.1. The van der Waals surface area contributed by atoms with Gasteiger partial charge in [0.1, 0.15) is 17.6 Å². The Morgan fingerprint density at radius 1 is 1.03 bits per heavy atom. The van der Waals surface area contributed by atoms with Gasteiger partial charge in [0.15, 0.2) is 6.10 Å². The molecule has 0 unspecified atom stereocenters. The predicted molar refractivity (Wildman–Crippen MR) is 131 cm³/mol. The van der Waals surface area contributed by atoms with E-state index in [9.17, 15) is 14.0 Å². The van der Waals surface area contributed by atoms with Crippen molar-refractivity contribution in [2.24, 2.45) is 5.10 Å². The molecule has 0 fully saturated rings. The summed E-state index contributed by atoms with van der Waals surface area (Å²) in [4.78, 5) is 25.6. The third-order valence-corrected chi connectivity index (χ3v) is 5.27. The van der Waals surface area contributed by atoms with Gasteiger partial charge in [-0.05, 0) is 48.4 Å². The maximum atomic E-state index is 13.0. The molecule has 2 atom stereocenters. The molecule has 3 rings (SSSR count). The third-order valence-electron chi connectivity index (χ3n) is 4.74. The van der Waals surface area contributed by atoms with Crippen LogP contribution < -0.4 is 15.5 Å². The summed E-state index contributed by atoms with van der Waals surface area (Å²) in [5.74, 6) is -1.11. The lowest BCUT2D eigenvalue weighted by molar-refractivity contribution is -0.132. The number of ether oxygens (including phenoxy) is 1. The second kappa shape index (κ2) is 12.2. The topological polar surface area (TPSA) is 79.8 Å². The summed E-state index contributed by atoms with van der Waals surface area (Å²) in [6.45, 7) is 1.55. The highest BCUT2D eigenvalue weighted by molar-refractivity contribution is 6.35. The fraction of sp³-hybridized carbons (Fsp3) is 0.160. The van der Waals surface area contributed by atoms with Crippen LogP contribution in [0.2, 0.25) is 10.0 Å². The Morgan fingerprint density at radius 2 is 1.74 bits per heavy atom. The Bertz CT molecular complexity index is 1160. The molecule has 0 aliphatic rings. The molecular weight excluding hydrogens is 480 g/mol. The molecule has 3 aromatic rings. The van der Waals surface area contributed by atoms with Gasteiger partial charge < -0.3 is 10.1 Å². The van der Waals surface area contributed by atoms with Crippen LogP contribution >= 0.6 is 23.2 Å². The molecule has 0 saturated carbocycles. The maximum absolute atomic E-state index is 13.0. The molecule has 9 heteroatoms. The van der Waals surface area contributed by atoms with Gasteiger partial charge in [-0.25, -0.2) is 9.82 Å². The highest BCUT2D eigenvalue weighted by Gasteiger charge is 2.25. The third kappa shape index (κ3) is 7.57. The van der Waals surface area contributed by atoms with Gasteiger partial charge in [-0.1, -0.05) is 65.7 Å². The number of hydrazone groups is 1. The first-order valence-corrected chi connectivity index (χ1v) is 11.1. The number of benzene rings is 3. The zero-order valence-corrected chi connectivity index (χ0v) is 19.7. The molecule has 2 amide bonds. The van der Waals surface area contributed by atoms with Gasteiger partial charge >= 0.3 is 0 Å². The second-order valence-electron chi connectivity index (χ2n) is 7.37. The smallest absolute Gasteiger partial charge is 0.262 e.